The van der Waals surface area contributed by atoms with Gasteiger partial charge in [0.05, 0.1) is 49.4 Å². The standard InChI is InChI=1S/C24H31ClN5O2P.C23H29ClN5O2P/c1-16(15-30(2)3)17-11-12-19(21(13-17)32-4)28-24-26-14-18(25)23(29-24)27-20-9-7-8-10-22(20)33(5,6)31;1-15(13-25-2)16-10-11-18(20(12-16)31-3)28-23-26-14-17(24)22(29-23)27-19-8-6-7-9-21(19)32(4,5)30/h7-14,16H,15H2,1-6H3,(H2,26,27,28,29);6-12,14-15,25H,13H2,1-5H3,(H2,26,27,28,29). The van der Waals surface area contributed by atoms with E-state index in [9.17, 15) is 9.13 Å². The largest absolute Gasteiger partial charge is 0.495 e. The summed E-state index contributed by atoms with van der Waals surface area (Å²) in [5, 5.41) is 18.2. The number of methoxy groups -OCH3 is 2. The number of anilines is 8. The normalized spacial score (nSPS) is 12.4. The Hall–Kier alpha value is -5.20. The number of hydrogen-bond donors (Lipinski definition) is 5. The summed E-state index contributed by atoms with van der Waals surface area (Å²) in [5.74, 6) is 3.67. The van der Waals surface area contributed by atoms with E-state index in [1.807, 2.05) is 79.8 Å². The van der Waals surface area contributed by atoms with Crippen molar-refractivity contribution in [3.05, 3.63) is 118 Å². The lowest BCUT2D eigenvalue weighted by Gasteiger charge is -2.19. The zero-order chi connectivity index (χ0) is 47.5. The number of ether oxygens (including phenoxy) is 2. The van der Waals surface area contributed by atoms with E-state index in [1.54, 1.807) is 40.9 Å². The van der Waals surface area contributed by atoms with Crippen molar-refractivity contribution in [2.24, 2.45) is 0 Å². The molecule has 0 radical (unpaired) electrons. The van der Waals surface area contributed by atoms with E-state index in [0.29, 0.717) is 68.3 Å². The summed E-state index contributed by atoms with van der Waals surface area (Å²) in [6.07, 6.45) is 3.05. The fourth-order valence-corrected chi connectivity index (χ4v) is 9.52. The lowest BCUT2D eigenvalue weighted by molar-refractivity contribution is 0.381. The molecule has 2 unspecified atom stereocenters. The fraction of sp³-hybridized carbons (Fsp3) is 0.319. The summed E-state index contributed by atoms with van der Waals surface area (Å²) in [7, 11) is 4.35. The molecule has 346 valence electrons. The highest BCUT2D eigenvalue weighted by Crippen LogP contribution is 2.40. The molecule has 0 fully saturated rings. The minimum atomic E-state index is -2.49. The summed E-state index contributed by atoms with van der Waals surface area (Å²) < 4.78 is 36.6. The molecule has 0 amide bonds. The Morgan fingerprint density at radius 2 is 1.03 bits per heavy atom. The Kier molecular flexibility index (Phi) is 17.8. The van der Waals surface area contributed by atoms with Gasteiger partial charge in [0.15, 0.2) is 11.6 Å². The Labute approximate surface area is 393 Å². The molecule has 6 aromatic rings. The molecule has 5 N–H and O–H groups in total. The van der Waals surface area contributed by atoms with Gasteiger partial charge in [0, 0.05) is 23.7 Å². The van der Waals surface area contributed by atoms with Crippen LogP contribution >= 0.6 is 37.5 Å². The number of hydrogen-bond acceptors (Lipinski definition) is 14. The van der Waals surface area contributed by atoms with Crippen LogP contribution in [0.25, 0.3) is 0 Å². The topological polar surface area (TPSA) is 168 Å². The van der Waals surface area contributed by atoms with E-state index in [1.165, 1.54) is 23.5 Å². The van der Waals surface area contributed by atoms with E-state index in [-0.39, 0.29) is 0 Å². The third kappa shape index (κ3) is 14.1. The molecule has 0 saturated carbocycles. The first kappa shape index (κ1) is 50.8. The van der Waals surface area contributed by atoms with Crippen LogP contribution < -0.4 is 46.7 Å². The molecule has 0 aliphatic rings. The van der Waals surface area contributed by atoms with Gasteiger partial charge in [-0.2, -0.15) is 9.97 Å². The van der Waals surface area contributed by atoms with Crippen LogP contribution in [0.15, 0.2) is 97.3 Å². The SMILES string of the molecule is CNCC(C)c1ccc(Nc2ncc(Cl)c(Nc3ccccc3P(C)(C)=O)n2)c(OC)c1.COc1cc(C(C)CN(C)C)ccc1Nc1ncc(Cl)c(Nc2ccccc2P(C)(C)=O)n1. The number of para-hydroxylation sites is 2. The van der Waals surface area contributed by atoms with Crippen molar-refractivity contribution in [3.8, 4) is 11.5 Å². The summed E-state index contributed by atoms with van der Waals surface area (Å²) in [6.45, 7) is 13.1. The van der Waals surface area contributed by atoms with Crippen LogP contribution in [-0.4, -0.2) is 99.9 Å². The maximum atomic E-state index is 12.7. The zero-order valence-corrected chi connectivity index (χ0v) is 42.1. The molecule has 0 bridgehead atoms. The molecule has 6 rings (SSSR count). The summed E-state index contributed by atoms with van der Waals surface area (Å²) in [5.41, 5.74) is 5.25. The lowest BCUT2D eigenvalue weighted by atomic mass is 10.00. The second-order valence-corrected chi connectivity index (χ2v) is 23.7. The van der Waals surface area contributed by atoms with Crippen molar-refractivity contribution in [2.45, 2.75) is 25.7 Å². The highest BCUT2D eigenvalue weighted by Gasteiger charge is 2.20. The number of likely N-dealkylation sites (N-methyl/N-ethyl adjacent to an activating group) is 2. The molecule has 2 aromatic heterocycles. The molecule has 14 nitrogen and oxygen atoms in total. The van der Waals surface area contributed by atoms with Crippen LogP contribution in [0.4, 0.5) is 46.3 Å². The first-order valence-electron chi connectivity index (χ1n) is 20.9. The Balaban J connectivity index is 0.000000244. The minimum Gasteiger partial charge on any atom is -0.495 e. The van der Waals surface area contributed by atoms with Gasteiger partial charge >= 0.3 is 0 Å². The predicted molar refractivity (Wildman–Crippen MR) is 274 cm³/mol. The van der Waals surface area contributed by atoms with Gasteiger partial charge in [0.2, 0.25) is 11.9 Å². The van der Waals surface area contributed by atoms with Gasteiger partial charge in [0.25, 0.3) is 0 Å². The summed E-state index contributed by atoms with van der Waals surface area (Å²) >= 11 is 12.7. The van der Waals surface area contributed by atoms with Gasteiger partial charge in [-0.3, -0.25) is 0 Å². The first-order chi connectivity index (χ1) is 30.8. The third-order valence-corrected chi connectivity index (χ3v) is 13.8. The second kappa shape index (κ2) is 22.8. The van der Waals surface area contributed by atoms with Crippen LogP contribution in [-0.2, 0) is 9.13 Å². The molecule has 0 saturated heterocycles. The first-order valence-corrected chi connectivity index (χ1v) is 26.8. The van der Waals surface area contributed by atoms with E-state index in [4.69, 9.17) is 32.7 Å². The number of nitrogens with zero attached hydrogens (tertiary/aromatic N) is 5. The van der Waals surface area contributed by atoms with E-state index in [0.717, 1.165) is 35.1 Å². The fourth-order valence-electron chi connectivity index (χ4n) is 6.94. The van der Waals surface area contributed by atoms with Gasteiger partial charge in [0.1, 0.15) is 35.8 Å². The number of benzene rings is 4. The highest BCUT2D eigenvalue weighted by atomic mass is 35.5. The minimum absolute atomic E-state index is 0.346. The van der Waals surface area contributed by atoms with Crippen LogP contribution in [0.1, 0.15) is 36.8 Å². The van der Waals surface area contributed by atoms with Crippen molar-refractivity contribution in [1.82, 2.24) is 30.2 Å². The highest BCUT2D eigenvalue weighted by molar-refractivity contribution is 7.70. The number of aromatic nitrogens is 4. The Bertz CT molecular complexity index is 2660. The van der Waals surface area contributed by atoms with Crippen LogP contribution in [0, 0.1) is 0 Å². The maximum absolute atomic E-state index is 12.7. The van der Waals surface area contributed by atoms with Crippen LogP contribution in [0.3, 0.4) is 0 Å². The van der Waals surface area contributed by atoms with E-state index in [2.05, 4.69) is 91.5 Å². The molecule has 2 heterocycles. The molecule has 18 heteroatoms. The van der Waals surface area contributed by atoms with Crippen molar-refractivity contribution in [3.63, 3.8) is 0 Å². The second-order valence-electron chi connectivity index (χ2n) is 16.6. The Morgan fingerprint density at radius 1 is 0.615 bits per heavy atom. The van der Waals surface area contributed by atoms with Crippen molar-refractivity contribution < 1.29 is 18.6 Å². The number of rotatable bonds is 18. The molecule has 0 spiro atoms. The molecule has 0 aliphatic heterocycles. The van der Waals surface area contributed by atoms with Gasteiger partial charge in [-0.25, -0.2) is 9.97 Å². The zero-order valence-electron chi connectivity index (χ0n) is 38.8. The molecular formula is C47H60Cl2N10O4P2. The van der Waals surface area contributed by atoms with Gasteiger partial charge in [-0.15, -0.1) is 0 Å². The molecular weight excluding hydrogens is 901 g/mol. The summed E-state index contributed by atoms with van der Waals surface area (Å²) in [4.78, 5) is 19.8. The van der Waals surface area contributed by atoms with Crippen molar-refractivity contribution in [1.29, 1.82) is 0 Å². The molecule has 0 aliphatic carbocycles. The van der Waals surface area contributed by atoms with E-state index < -0.39 is 14.3 Å². The Morgan fingerprint density at radius 3 is 1.42 bits per heavy atom. The molecule has 2 atom stereocenters. The van der Waals surface area contributed by atoms with Crippen LogP contribution in [0.2, 0.25) is 10.0 Å². The average molecular weight is 962 g/mol. The predicted octanol–water partition coefficient (Wildman–Crippen LogP) is 10.7. The lowest BCUT2D eigenvalue weighted by Crippen LogP contribution is -2.18. The average Bonchev–Trinajstić information content (AvgIpc) is 3.26. The van der Waals surface area contributed by atoms with Crippen LogP contribution in [0.5, 0.6) is 11.5 Å². The maximum Gasteiger partial charge on any atom is 0.229 e. The smallest absolute Gasteiger partial charge is 0.229 e. The number of nitrogens with one attached hydrogen (secondary N) is 5. The van der Waals surface area contributed by atoms with Gasteiger partial charge in [-0.1, -0.05) is 73.4 Å². The van der Waals surface area contributed by atoms with E-state index >= 15 is 0 Å². The number of halogens is 2. The third-order valence-electron chi connectivity index (χ3n) is 10.2. The van der Waals surface area contributed by atoms with Gasteiger partial charge < -0.3 is 50.1 Å². The van der Waals surface area contributed by atoms with Crippen molar-refractivity contribution in [2.75, 3.05) is 96.4 Å². The van der Waals surface area contributed by atoms with Gasteiger partial charge in [-0.05, 0) is 119 Å². The monoisotopic (exact) mass is 960 g/mol. The molecule has 4 aromatic carbocycles. The summed E-state index contributed by atoms with van der Waals surface area (Å²) in [6, 6.07) is 27.0. The molecule has 65 heavy (non-hydrogen) atoms. The quantitative estimate of drug-likeness (QED) is 0.0516. The van der Waals surface area contributed by atoms with Crippen molar-refractivity contribution >= 4 is 94.4 Å².